The van der Waals surface area contributed by atoms with Gasteiger partial charge in [-0.1, -0.05) is 6.92 Å². The van der Waals surface area contributed by atoms with Gasteiger partial charge in [0.2, 0.25) is 0 Å². The summed E-state index contributed by atoms with van der Waals surface area (Å²) in [6.07, 6.45) is 0.993. The summed E-state index contributed by atoms with van der Waals surface area (Å²) in [5.74, 6) is 0. The number of nitrogens with two attached hydrogens (primary N) is 1. The molecule has 0 radical (unpaired) electrons. The first kappa shape index (κ1) is 10.5. The molecule has 0 saturated heterocycles. The van der Waals surface area contributed by atoms with Crippen LogP contribution in [0.1, 0.15) is 32.9 Å². The largest absolute Gasteiger partial charge is 0.375 e. The Balaban J connectivity index is 2.43. The Hall–Kier alpha value is -0.610. The summed E-state index contributed by atoms with van der Waals surface area (Å²) in [5, 5.41) is 2.54. The van der Waals surface area contributed by atoms with E-state index in [0.717, 1.165) is 12.1 Å². The third kappa shape index (κ3) is 3.32. The van der Waals surface area contributed by atoms with Crippen LogP contribution in [0.15, 0.2) is 5.38 Å². The standard InChI is InChI=1S/C9H16N2OS/c1-4-9(2,3)12-5-7-6-13-8(10)11-7/h6H,4-5H2,1-3H3,(H2,10,11). The first-order chi connectivity index (χ1) is 6.03. The van der Waals surface area contributed by atoms with Crippen LogP contribution in [0.4, 0.5) is 5.13 Å². The maximum Gasteiger partial charge on any atom is 0.180 e. The lowest BCUT2D eigenvalue weighted by atomic mass is 10.1. The summed E-state index contributed by atoms with van der Waals surface area (Å²) in [4.78, 5) is 4.12. The Kier molecular flexibility index (Phi) is 3.27. The quantitative estimate of drug-likeness (QED) is 0.812. The minimum absolute atomic E-state index is 0.0711. The summed E-state index contributed by atoms with van der Waals surface area (Å²) in [6.45, 7) is 6.80. The Morgan fingerprint density at radius 2 is 2.31 bits per heavy atom. The van der Waals surface area contributed by atoms with Crippen molar-refractivity contribution in [2.75, 3.05) is 5.73 Å². The second kappa shape index (κ2) is 4.07. The highest BCUT2D eigenvalue weighted by Crippen LogP contribution is 2.18. The minimum Gasteiger partial charge on any atom is -0.375 e. The lowest BCUT2D eigenvalue weighted by molar-refractivity contribution is -0.0328. The van der Waals surface area contributed by atoms with E-state index in [1.807, 2.05) is 5.38 Å². The maximum absolute atomic E-state index is 5.67. The van der Waals surface area contributed by atoms with Crippen molar-refractivity contribution in [1.29, 1.82) is 0 Å². The molecule has 0 aliphatic carbocycles. The van der Waals surface area contributed by atoms with E-state index in [1.54, 1.807) is 0 Å². The van der Waals surface area contributed by atoms with E-state index in [9.17, 15) is 0 Å². The van der Waals surface area contributed by atoms with Crippen molar-refractivity contribution >= 4 is 16.5 Å². The van der Waals surface area contributed by atoms with Gasteiger partial charge in [-0.3, -0.25) is 0 Å². The van der Waals surface area contributed by atoms with Gasteiger partial charge in [0.05, 0.1) is 17.9 Å². The summed E-state index contributed by atoms with van der Waals surface area (Å²) >= 11 is 1.45. The van der Waals surface area contributed by atoms with E-state index in [2.05, 4.69) is 25.8 Å². The van der Waals surface area contributed by atoms with Crippen molar-refractivity contribution in [3.63, 3.8) is 0 Å². The van der Waals surface area contributed by atoms with Gasteiger partial charge in [-0.25, -0.2) is 4.98 Å². The molecular formula is C9H16N2OS. The normalized spacial score (nSPS) is 11.9. The minimum atomic E-state index is -0.0711. The predicted molar refractivity (Wildman–Crippen MR) is 55.7 cm³/mol. The smallest absolute Gasteiger partial charge is 0.180 e. The van der Waals surface area contributed by atoms with Crippen molar-refractivity contribution in [1.82, 2.24) is 4.98 Å². The number of ether oxygens (including phenoxy) is 1. The van der Waals surface area contributed by atoms with Crippen molar-refractivity contribution in [2.45, 2.75) is 39.4 Å². The van der Waals surface area contributed by atoms with E-state index in [1.165, 1.54) is 11.3 Å². The third-order valence-electron chi connectivity index (χ3n) is 2.03. The van der Waals surface area contributed by atoms with Crippen LogP contribution < -0.4 is 5.73 Å². The summed E-state index contributed by atoms with van der Waals surface area (Å²) in [6, 6.07) is 0. The molecule has 0 bridgehead atoms. The number of hydrogen-bond donors (Lipinski definition) is 1. The molecule has 0 spiro atoms. The van der Waals surface area contributed by atoms with Crippen LogP contribution in [-0.4, -0.2) is 10.6 Å². The molecule has 1 aromatic heterocycles. The molecule has 1 heterocycles. The highest BCUT2D eigenvalue weighted by Gasteiger charge is 2.15. The molecule has 0 saturated carbocycles. The molecule has 1 rings (SSSR count). The molecule has 1 aromatic rings. The number of rotatable bonds is 4. The average Bonchev–Trinajstić information content (AvgIpc) is 2.48. The fraction of sp³-hybridized carbons (Fsp3) is 0.667. The molecule has 2 N–H and O–H groups in total. The maximum atomic E-state index is 5.67. The topological polar surface area (TPSA) is 48.1 Å². The predicted octanol–water partition coefficient (Wildman–Crippen LogP) is 2.43. The molecule has 3 nitrogen and oxygen atoms in total. The third-order valence-corrected chi connectivity index (χ3v) is 2.75. The zero-order valence-corrected chi connectivity index (χ0v) is 9.15. The number of hydrogen-bond acceptors (Lipinski definition) is 4. The van der Waals surface area contributed by atoms with E-state index >= 15 is 0 Å². The molecule has 74 valence electrons. The zero-order valence-electron chi connectivity index (χ0n) is 8.33. The van der Waals surface area contributed by atoms with Crippen LogP contribution in [0.25, 0.3) is 0 Å². The second-order valence-corrected chi connectivity index (χ2v) is 4.47. The van der Waals surface area contributed by atoms with Gasteiger partial charge in [-0.05, 0) is 20.3 Å². The molecule has 4 heteroatoms. The SMILES string of the molecule is CCC(C)(C)OCc1csc(N)n1. The van der Waals surface area contributed by atoms with Crippen molar-refractivity contribution in [2.24, 2.45) is 0 Å². The molecule has 0 unspecified atom stereocenters. The van der Waals surface area contributed by atoms with Crippen molar-refractivity contribution in [3.05, 3.63) is 11.1 Å². The van der Waals surface area contributed by atoms with Crippen LogP contribution in [0, 0.1) is 0 Å². The van der Waals surface area contributed by atoms with Crippen molar-refractivity contribution in [3.8, 4) is 0 Å². The molecule has 0 atom stereocenters. The van der Waals surface area contributed by atoms with Crippen LogP contribution in [-0.2, 0) is 11.3 Å². The number of nitrogen functional groups attached to an aromatic ring is 1. The number of aromatic nitrogens is 1. The highest BCUT2D eigenvalue weighted by molar-refractivity contribution is 7.13. The fourth-order valence-electron chi connectivity index (χ4n) is 0.760. The number of nitrogens with zero attached hydrogens (tertiary/aromatic N) is 1. The van der Waals surface area contributed by atoms with Crippen LogP contribution in [0.5, 0.6) is 0 Å². The molecule has 0 aliphatic heterocycles. The van der Waals surface area contributed by atoms with E-state index in [0.29, 0.717) is 11.7 Å². The average molecular weight is 200 g/mol. The van der Waals surface area contributed by atoms with E-state index < -0.39 is 0 Å². The lowest BCUT2D eigenvalue weighted by Crippen LogP contribution is -2.22. The number of thiazole rings is 1. The monoisotopic (exact) mass is 200 g/mol. The van der Waals surface area contributed by atoms with E-state index in [-0.39, 0.29) is 5.60 Å². The molecule has 0 aromatic carbocycles. The summed E-state index contributed by atoms with van der Waals surface area (Å²) < 4.78 is 5.67. The Morgan fingerprint density at radius 3 is 2.77 bits per heavy atom. The first-order valence-electron chi connectivity index (χ1n) is 4.37. The summed E-state index contributed by atoms with van der Waals surface area (Å²) in [7, 11) is 0. The first-order valence-corrected chi connectivity index (χ1v) is 5.25. The zero-order chi connectivity index (χ0) is 9.90. The Bertz CT molecular complexity index is 270. The Labute approximate surface area is 82.9 Å². The van der Waals surface area contributed by atoms with Crippen LogP contribution in [0.3, 0.4) is 0 Å². The second-order valence-electron chi connectivity index (χ2n) is 3.58. The fourth-order valence-corrected chi connectivity index (χ4v) is 1.31. The molecule has 0 amide bonds. The van der Waals surface area contributed by atoms with Gasteiger partial charge in [0, 0.05) is 5.38 Å². The van der Waals surface area contributed by atoms with Gasteiger partial charge < -0.3 is 10.5 Å². The van der Waals surface area contributed by atoms with E-state index in [4.69, 9.17) is 10.5 Å². The van der Waals surface area contributed by atoms with Crippen molar-refractivity contribution < 1.29 is 4.74 Å². The summed E-state index contributed by atoms with van der Waals surface area (Å²) in [5.41, 5.74) is 6.35. The van der Waals surface area contributed by atoms with Gasteiger partial charge in [0.15, 0.2) is 5.13 Å². The van der Waals surface area contributed by atoms with Gasteiger partial charge in [-0.2, -0.15) is 0 Å². The van der Waals surface area contributed by atoms with Crippen LogP contribution >= 0.6 is 11.3 Å². The van der Waals surface area contributed by atoms with Gasteiger partial charge in [0.25, 0.3) is 0 Å². The molecule has 0 fully saturated rings. The molecule has 13 heavy (non-hydrogen) atoms. The molecular weight excluding hydrogens is 184 g/mol. The molecule has 0 aliphatic rings. The number of anilines is 1. The van der Waals surface area contributed by atoms with Gasteiger partial charge in [0.1, 0.15) is 0 Å². The van der Waals surface area contributed by atoms with Crippen LogP contribution in [0.2, 0.25) is 0 Å². The highest BCUT2D eigenvalue weighted by atomic mass is 32.1. The van der Waals surface area contributed by atoms with Gasteiger partial charge >= 0.3 is 0 Å². The Morgan fingerprint density at radius 1 is 1.62 bits per heavy atom. The van der Waals surface area contributed by atoms with Gasteiger partial charge in [-0.15, -0.1) is 11.3 Å². The lowest BCUT2D eigenvalue weighted by Gasteiger charge is -2.22.